The van der Waals surface area contributed by atoms with Crippen LogP contribution in [0.1, 0.15) is 96.6 Å². The number of tetrazole rings is 1. The molecule has 0 amide bonds. The highest BCUT2D eigenvalue weighted by molar-refractivity contribution is 6.78. The summed E-state index contributed by atoms with van der Waals surface area (Å²) in [4.78, 5) is 0. The van der Waals surface area contributed by atoms with E-state index in [2.05, 4.69) is 131 Å². The van der Waals surface area contributed by atoms with Gasteiger partial charge in [-0.2, -0.15) is 0 Å². The normalized spacial score (nSPS) is 13.0. The second-order valence-corrected chi connectivity index (χ2v) is 21.8. The molecule has 1 atom stereocenters. The highest BCUT2D eigenvalue weighted by Gasteiger charge is 2.48. The Morgan fingerprint density at radius 1 is 0.778 bits per heavy atom. The molecule has 1 unspecified atom stereocenters. The predicted molar refractivity (Wildman–Crippen MR) is 218 cm³/mol. The van der Waals surface area contributed by atoms with Crippen molar-refractivity contribution in [3.63, 3.8) is 0 Å². The molecular weight excluding hydrogens is 695 g/mol. The number of hydrogen-bond donors (Lipinski definition) is 1. The monoisotopic (exact) mass is 750 g/mol. The number of halogens is 2. The first-order valence-corrected chi connectivity index (χ1v) is 21.3. The third-order valence-corrected chi connectivity index (χ3v) is 16.6. The number of H-pyrrole nitrogens is 1. The van der Waals surface area contributed by atoms with Crippen LogP contribution in [0.15, 0.2) is 91.0 Å². The maximum Gasteiger partial charge on any atom is 0.259 e. The van der Waals surface area contributed by atoms with Gasteiger partial charge < -0.3 is 9.16 Å². The zero-order chi connectivity index (χ0) is 39.0. The lowest BCUT2D eigenvalue weighted by atomic mass is 9.87. The standard InChI is InChI=1S/C45H56F2N4O2Si/c1-30(2)54(31(3)4,32(5)6)53-43-40(46)27-36(28-41(43)47)26-34(15-14-33-16-22-38(23-17-33)44-48-50-51-49-44)18-21-37-12-10-11-13-42(37)52-29-35-19-24-39(25-20-35)45(7,8)9/h10-13,16-25,27-28,30-32,34H,14-15,26,29H2,1-9H3,(H,48,49,50,51)/b21-18+. The average Bonchev–Trinajstić information content (AvgIpc) is 3.67. The van der Waals surface area contributed by atoms with Crippen LogP contribution in [0.5, 0.6) is 11.5 Å². The van der Waals surface area contributed by atoms with E-state index in [1.54, 1.807) is 0 Å². The van der Waals surface area contributed by atoms with Crippen LogP contribution >= 0.6 is 0 Å². The molecule has 54 heavy (non-hydrogen) atoms. The van der Waals surface area contributed by atoms with Crippen LogP contribution in [0.25, 0.3) is 17.5 Å². The van der Waals surface area contributed by atoms with Gasteiger partial charge in [0.2, 0.25) is 0 Å². The number of benzene rings is 4. The molecule has 0 aliphatic carbocycles. The third-order valence-electron chi connectivity index (χ3n) is 10.6. The molecule has 0 aliphatic heterocycles. The van der Waals surface area contributed by atoms with Crippen LogP contribution in [-0.2, 0) is 24.9 Å². The van der Waals surface area contributed by atoms with Gasteiger partial charge in [-0.3, -0.25) is 0 Å². The summed E-state index contributed by atoms with van der Waals surface area (Å²) in [6, 6.07) is 27.6. The van der Waals surface area contributed by atoms with Crippen molar-refractivity contribution >= 4 is 14.4 Å². The van der Waals surface area contributed by atoms with E-state index in [9.17, 15) is 0 Å². The topological polar surface area (TPSA) is 72.9 Å². The Balaban J connectivity index is 1.38. The van der Waals surface area contributed by atoms with Gasteiger partial charge in [-0.25, -0.2) is 13.9 Å². The highest BCUT2D eigenvalue weighted by Crippen LogP contribution is 2.44. The quantitative estimate of drug-likeness (QED) is 0.102. The van der Waals surface area contributed by atoms with Gasteiger partial charge in [0.15, 0.2) is 23.2 Å². The van der Waals surface area contributed by atoms with Crippen molar-refractivity contribution in [3.8, 4) is 22.9 Å². The summed E-state index contributed by atoms with van der Waals surface area (Å²) in [6.45, 7) is 19.7. The summed E-state index contributed by atoms with van der Waals surface area (Å²) in [7, 11) is -2.56. The van der Waals surface area contributed by atoms with E-state index in [-0.39, 0.29) is 33.7 Å². The lowest BCUT2D eigenvalue weighted by Gasteiger charge is -2.42. The fourth-order valence-electron chi connectivity index (χ4n) is 7.64. The summed E-state index contributed by atoms with van der Waals surface area (Å²) in [5.41, 5.74) is 6.60. The molecule has 0 aliphatic rings. The molecule has 5 aromatic rings. The van der Waals surface area contributed by atoms with E-state index >= 15 is 8.78 Å². The maximum absolute atomic E-state index is 15.9. The molecule has 0 bridgehead atoms. The van der Waals surface area contributed by atoms with Crippen LogP contribution in [0.2, 0.25) is 16.6 Å². The van der Waals surface area contributed by atoms with E-state index in [4.69, 9.17) is 9.16 Å². The number of rotatable bonds is 16. The predicted octanol–water partition coefficient (Wildman–Crippen LogP) is 12.1. The summed E-state index contributed by atoms with van der Waals surface area (Å²) in [5, 5.41) is 14.1. The molecule has 0 fully saturated rings. The summed E-state index contributed by atoms with van der Waals surface area (Å²) in [5.74, 6) is -0.165. The van der Waals surface area contributed by atoms with Crippen molar-refractivity contribution in [3.05, 3.63) is 130 Å². The Bertz CT molecular complexity index is 1920. The average molecular weight is 751 g/mol. The Hall–Kier alpha value is -4.63. The van der Waals surface area contributed by atoms with E-state index in [0.717, 1.165) is 40.8 Å². The first-order valence-electron chi connectivity index (χ1n) is 19.2. The number of hydrogen-bond acceptors (Lipinski definition) is 5. The van der Waals surface area contributed by atoms with E-state index in [0.29, 0.717) is 24.4 Å². The molecule has 1 N–H and O–H groups in total. The molecule has 0 saturated heterocycles. The number of allylic oxidation sites excluding steroid dienone is 1. The first kappa shape index (κ1) is 40.5. The summed E-state index contributed by atoms with van der Waals surface area (Å²) >= 11 is 0. The zero-order valence-corrected chi connectivity index (χ0v) is 34.3. The number of ether oxygens (including phenoxy) is 1. The fourth-order valence-corrected chi connectivity index (χ4v) is 12.9. The summed E-state index contributed by atoms with van der Waals surface area (Å²) < 4.78 is 44.6. The molecule has 4 aromatic carbocycles. The van der Waals surface area contributed by atoms with Crippen molar-refractivity contribution in [2.45, 2.75) is 110 Å². The van der Waals surface area contributed by atoms with Crippen LogP contribution in [0.3, 0.4) is 0 Å². The number of aryl methyl sites for hydroxylation is 1. The van der Waals surface area contributed by atoms with Crippen LogP contribution < -0.4 is 9.16 Å². The zero-order valence-electron chi connectivity index (χ0n) is 33.3. The van der Waals surface area contributed by atoms with Crippen molar-refractivity contribution in [1.82, 2.24) is 20.6 Å². The molecule has 6 nitrogen and oxygen atoms in total. The molecular formula is C45H56F2N4O2Si. The number of para-hydroxylation sites is 1. The van der Waals surface area contributed by atoms with Gasteiger partial charge in [0.1, 0.15) is 12.4 Å². The third kappa shape index (κ3) is 9.91. The Morgan fingerprint density at radius 3 is 1.96 bits per heavy atom. The highest BCUT2D eigenvalue weighted by atomic mass is 28.4. The lowest BCUT2D eigenvalue weighted by Crippen LogP contribution is -2.51. The smallest absolute Gasteiger partial charge is 0.259 e. The van der Waals surface area contributed by atoms with E-state index in [1.807, 2.05) is 36.4 Å². The van der Waals surface area contributed by atoms with Crippen molar-refractivity contribution in [1.29, 1.82) is 0 Å². The van der Waals surface area contributed by atoms with Gasteiger partial charge in [0.05, 0.1) is 0 Å². The second-order valence-electron chi connectivity index (χ2n) is 16.4. The summed E-state index contributed by atoms with van der Waals surface area (Å²) in [6.07, 6.45) is 6.19. The minimum absolute atomic E-state index is 0.0258. The fraction of sp³-hybridized carbons (Fsp3) is 0.400. The Labute approximate surface area is 321 Å². The molecule has 0 spiro atoms. The minimum atomic E-state index is -2.56. The SMILES string of the molecule is CC(C)[Si](Oc1c(F)cc(CC(/C=C/c2ccccc2OCc2ccc(C(C)(C)C)cc2)CCc2ccc(-c3nnn[nH]3)cc2)cc1F)(C(C)C)C(C)C. The van der Waals surface area contributed by atoms with Gasteiger partial charge >= 0.3 is 0 Å². The van der Waals surface area contributed by atoms with Gasteiger partial charge in [0, 0.05) is 11.1 Å². The second kappa shape index (κ2) is 17.7. The number of aromatic amines is 1. The van der Waals surface area contributed by atoms with Crippen LogP contribution in [0, 0.1) is 17.6 Å². The molecule has 1 aromatic heterocycles. The largest absolute Gasteiger partial charge is 0.539 e. The molecule has 0 saturated carbocycles. The Kier molecular flexibility index (Phi) is 13.3. The van der Waals surface area contributed by atoms with Crippen molar-refractivity contribution < 1.29 is 17.9 Å². The van der Waals surface area contributed by atoms with Crippen LogP contribution in [-0.4, -0.2) is 28.9 Å². The minimum Gasteiger partial charge on any atom is -0.539 e. The van der Waals surface area contributed by atoms with Gasteiger partial charge in [-0.05, 0) is 98.1 Å². The molecule has 0 radical (unpaired) electrons. The molecule has 1 heterocycles. The van der Waals surface area contributed by atoms with Crippen LogP contribution in [0.4, 0.5) is 8.78 Å². The number of nitrogens with one attached hydrogen (secondary N) is 1. The van der Waals surface area contributed by atoms with Crippen molar-refractivity contribution in [2.24, 2.45) is 5.92 Å². The molecule has 286 valence electrons. The first-order chi connectivity index (χ1) is 25.7. The maximum atomic E-state index is 15.9. The van der Waals surface area contributed by atoms with Gasteiger partial charge in [0.25, 0.3) is 8.32 Å². The number of aromatic nitrogens is 4. The van der Waals surface area contributed by atoms with Gasteiger partial charge in [-0.1, -0.05) is 141 Å². The van der Waals surface area contributed by atoms with Gasteiger partial charge in [-0.15, -0.1) is 5.10 Å². The van der Waals surface area contributed by atoms with Crippen molar-refractivity contribution in [2.75, 3.05) is 0 Å². The lowest BCUT2D eigenvalue weighted by molar-refractivity contribution is 0.305. The molecule has 5 rings (SSSR count). The van der Waals surface area contributed by atoms with E-state index in [1.165, 1.54) is 17.7 Å². The number of nitrogens with zero attached hydrogens (tertiary/aromatic N) is 3. The van der Waals surface area contributed by atoms with E-state index < -0.39 is 20.0 Å². The Morgan fingerprint density at radius 2 is 1.39 bits per heavy atom. The molecule has 9 heteroatoms.